The number of nitrogens with zero attached hydrogens (tertiary/aromatic N) is 2. The van der Waals surface area contributed by atoms with E-state index in [4.69, 9.17) is 0 Å². The zero-order valence-corrected chi connectivity index (χ0v) is 15.3. The van der Waals surface area contributed by atoms with Crippen LogP contribution in [0.2, 0.25) is 0 Å². The molecule has 5 heteroatoms. The van der Waals surface area contributed by atoms with E-state index in [1.807, 2.05) is 11.8 Å². The average Bonchev–Trinajstić information content (AvgIpc) is 2.46. The zero-order valence-electron chi connectivity index (χ0n) is 15.3. The van der Waals surface area contributed by atoms with E-state index in [1.165, 1.54) is 6.42 Å². The normalized spacial score (nSPS) is 32.4. The van der Waals surface area contributed by atoms with Gasteiger partial charge in [-0.15, -0.1) is 0 Å². The van der Waals surface area contributed by atoms with Crippen LogP contribution in [-0.4, -0.2) is 65.8 Å². The highest BCUT2D eigenvalue weighted by atomic mass is 16.3. The minimum Gasteiger partial charge on any atom is -0.393 e. The van der Waals surface area contributed by atoms with Crippen molar-refractivity contribution >= 4 is 6.03 Å². The highest BCUT2D eigenvalue weighted by molar-refractivity contribution is 5.74. The standard InChI is InChI=1S/C18H35N3O2/c1-13-8-14(2)10-20(9-13)11-15(3)19-18(23)21-7-5-6-17(12-21)16(4)22/h13-17,22H,5-12H2,1-4H3,(H,19,23). The lowest BCUT2D eigenvalue weighted by atomic mass is 9.92. The van der Waals surface area contributed by atoms with Crippen LogP contribution in [0.25, 0.3) is 0 Å². The lowest BCUT2D eigenvalue weighted by Crippen LogP contribution is -2.52. The summed E-state index contributed by atoms with van der Waals surface area (Å²) in [7, 11) is 0. The summed E-state index contributed by atoms with van der Waals surface area (Å²) in [5.74, 6) is 1.71. The van der Waals surface area contributed by atoms with E-state index in [1.54, 1.807) is 0 Å². The van der Waals surface area contributed by atoms with Crippen molar-refractivity contribution in [3.8, 4) is 0 Å². The van der Waals surface area contributed by atoms with Crippen molar-refractivity contribution < 1.29 is 9.90 Å². The monoisotopic (exact) mass is 325 g/mol. The van der Waals surface area contributed by atoms with Gasteiger partial charge >= 0.3 is 6.03 Å². The molecule has 0 aromatic heterocycles. The van der Waals surface area contributed by atoms with Gasteiger partial charge in [0.2, 0.25) is 0 Å². The number of hydrogen-bond acceptors (Lipinski definition) is 3. The Morgan fingerprint density at radius 2 is 1.87 bits per heavy atom. The maximum Gasteiger partial charge on any atom is 0.317 e. The van der Waals surface area contributed by atoms with Crippen molar-refractivity contribution in [3.63, 3.8) is 0 Å². The minimum absolute atomic E-state index is 0.0287. The van der Waals surface area contributed by atoms with Crippen molar-refractivity contribution in [2.24, 2.45) is 17.8 Å². The minimum atomic E-state index is -0.334. The van der Waals surface area contributed by atoms with Gasteiger partial charge in [0.25, 0.3) is 0 Å². The molecule has 0 aliphatic carbocycles. The summed E-state index contributed by atoms with van der Waals surface area (Å²) < 4.78 is 0. The molecule has 5 atom stereocenters. The Kier molecular flexibility index (Phi) is 6.72. The van der Waals surface area contributed by atoms with Crippen LogP contribution >= 0.6 is 0 Å². The molecule has 2 saturated heterocycles. The van der Waals surface area contributed by atoms with Gasteiger partial charge in [-0.05, 0) is 44.9 Å². The maximum atomic E-state index is 12.5. The number of rotatable bonds is 4. The van der Waals surface area contributed by atoms with Crippen LogP contribution in [-0.2, 0) is 0 Å². The van der Waals surface area contributed by atoms with E-state index in [0.717, 1.165) is 50.9 Å². The van der Waals surface area contributed by atoms with Crippen molar-refractivity contribution in [2.45, 2.75) is 59.1 Å². The molecule has 2 aliphatic rings. The third-order valence-corrected chi connectivity index (χ3v) is 5.27. The molecular formula is C18H35N3O2. The molecular weight excluding hydrogens is 290 g/mol. The molecule has 0 radical (unpaired) electrons. The van der Waals surface area contributed by atoms with Gasteiger partial charge in [-0.3, -0.25) is 0 Å². The Labute approximate surface area is 141 Å². The third-order valence-electron chi connectivity index (χ3n) is 5.27. The average molecular weight is 325 g/mol. The molecule has 2 fully saturated rings. The summed E-state index contributed by atoms with van der Waals surface area (Å²) in [4.78, 5) is 16.8. The first-order valence-electron chi connectivity index (χ1n) is 9.31. The quantitative estimate of drug-likeness (QED) is 0.833. The molecule has 134 valence electrons. The van der Waals surface area contributed by atoms with Crippen LogP contribution < -0.4 is 5.32 Å². The van der Waals surface area contributed by atoms with Gasteiger partial charge in [-0.1, -0.05) is 13.8 Å². The van der Waals surface area contributed by atoms with E-state index in [-0.39, 0.29) is 24.1 Å². The summed E-state index contributed by atoms with van der Waals surface area (Å²) in [5, 5.41) is 12.9. The fraction of sp³-hybridized carbons (Fsp3) is 0.944. The van der Waals surface area contributed by atoms with Crippen LogP contribution in [0.15, 0.2) is 0 Å². The van der Waals surface area contributed by atoms with Crippen LogP contribution in [0.1, 0.15) is 47.0 Å². The second-order valence-corrected chi connectivity index (χ2v) is 8.10. The summed E-state index contributed by atoms with van der Waals surface area (Å²) in [6, 6.07) is 0.188. The SMILES string of the molecule is CC1CC(C)CN(CC(C)NC(=O)N2CCCC(C(C)O)C2)C1. The lowest BCUT2D eigenvalue weighted by molar-refractivity contribution is 0.0725. The molecule has 0 aromatic carbocycles. The molecule has 23 heavy (non-hydrogen) atoms. The number of aliphatic hydroxyl groups excluding tert-OH is 1. The second kappa shape index (κ2) is 8.34. The molecule has 2 aliphatic heterocycles. The molecule has 0 aromatic rings. The van der Waals surface area contributed by atoms with Gasteiger partial charge in [0.1, 0.15) is 0 Å². The first kappa shape index (κ1) is 18.5. The largest absolute Gasteiger partial charge is 0.393 e. The van der Waals surface area contributed by atoms with E-state index < -0.39 is 0 Å². The van der Waals surface area contributed by atoms with E-state index in [0.29, 0.717) is 6.54 Å². The number of piperidine rings is 2. The van der Waals surface area contributed by atoms with E-state index in [9.17, 15) is 9.90 Å². The zero-order chi connectivity index (χ0) is 17.0. The molecule has 0 saturated carbocycles. The second-order valence-electron chi connectivity index (χ2n) is 8.10. The third kappa shape index (κ3) is 5.64. The summed E-state index contributed by atoms with van der Waals surface area (Å²) in [6.07, 6.45) is 2.98. The number of urea groups is 1. The Morgan fingerprint density at radius 1 is 1.22 bits per heavy atom. The van der Waals surface area contributed by atoms with Crippen LogP contribution in [0.4, 0.5) is 4.79 Å². The fourth-order valence-electron chi connectivity index (χ4n) is 4.26. The smallest absolute Gasteiger partial charge is 0.317 e. The summed E-state index contributed by atoms with van der Waals surface area (Å²) in [6.45, 7) is 13.2. The first-order chi connectivity index (χ1) is 10.8. The van der Waals surface area contributed by atoms with Gasteiger partial charge < -0.3 is 20.2 Å². The van der Waals surface area contributed by atoms with Crippen LogP contribution in [0.5, 0.6) is 0 Å². The van der Waals surface area contributed by atoms with Gasteiger partial charge in [-0.2, -0.15) is 0 Å². The number of nitrogens with one attached hydrogen (secondary N) is 1. The predicted molar refractivity (Wildman–Crippen MR) is 93.4 cm³/mol. The maximum absolute atomic E-state index is 12.5. The fourth-order valence-corrected chi connectivity index (χ4v) is 4.26. The van der Waals surface area contributed by atoms with Gasteiger partial charge in [-0.25, -0.2) is 4.79 Å². The van der Waals surface area contributed by atoms with Crippen molar-refractivity contribution in [3.05, 3.63) is 0 Å². The highest BCUT2D eigenvalue weighted by Crippen LogP contribution is 2.21. The molecule has 5 unspecified atom stereocenters. The lowest BCUT2D eigenvalue weighted by Gasteiger charge is -2.38. The molecule has 2 N–H and O–H groups in total. The molecule has 2 amide bonds. The number of hydrogen-bond donors (Lipinski definition) is 2. The van der Waals surface area contributed by atoms with Gasteiger partial charge in [0.15, 0.2) is 0 Å². The number of carbonyl (C=O) groups is 1. The molecule has 5 nitrogen and oxygen atoms in total. The van der Waals surface area contributed by atoms with Crippen LogP contribution in [0, 0.1) is 17.8 Å². The Hall–Kier alpha value is -0.810. The summed E-state index contributed by atoms with van der Waals surface area (Å²) >= 11 is 0. The number of aliphatic hydroxyl groups is 1. The molecule has 0 bridgehead atoms. The number of amides is 2. The Balaban J connectivity index is 1.78. The summed E-state index contributed by atoms with van der Waals surface area (Å²) in [5.41, 5.74) is 0. The highest BCUT2D eigenvalue weighted by Gasteiger charge is 2.28. The Bertz CT molecular complexity index is 378. The molecule has 2 heterocycles. The van der Waals surface area contributed by atoms with E-state index in [2.05, 4.69) is 31.0 Å². The van der Waals surface area contributed by atoms with E-state index >= 15 is 0 Å². The van der Waals surface area contributed by atoms with Crippen LogP contribution in [0.3, 0.4) is 0 Å². The van der Waals surface area contributed by atoms with Crippen molar-refractivity contribution in [1.29, 1.82) is 0 Å². The van der Waals surface area contributed by atoms with Crippen molar-refractivity contribution in [1.82, 2.24) is 15.1 Å². The number of carbonyl (C=O) groups excluding carboxylic acids is 1. The number of likely N-dealkylation sites (tertiary alicyclic amines) is 2. The Morgan fingerprint density at radius 3 is 2.48 bits per heavy atom. The topological polar surface area (TPSA) is 55.8 Å². The van der Waals surface area contributed by atoms with Gasteiger partial charge in [0, 0.05) is 44.7 Å². The van der Waals surface area contributed by atoms with Crippen molar-refractivity contribution in [2.75, 3.05) is 32.7 Å². The molecule has 0 spiro atoms. The molecule has 2 rings (SSSR count). The predicted octanol–water partition coefficient (Wildman–Crippen LogP) is 2.16. The van der Waals surface area contributed by atoms with Gasteiger partial charge in [0.05, 0.1) is 6.10 Å². The first-order valence-corrected chi connectivity index (χ1v) is 9.31.